The van der Waals surface area contributed by atoms with E-state index in [0.717, 1.165) is 27.7 Å². The van der Waals surface area contributed by atoms with Crippen molar-refractivity contribution < 1.29 is 4.74 Å². The quantitative estimate of drug-likeness (QED) is 0.751. The lowest BCUT2D eigenvalue weighted by Gasteiger charge is -2.27. The van der Waals surface area contributed by atoms with Gasteiger partial charge >= 0.3 is 0 Å². The highest BCUT2D eigenvalue weighted by molar-refractivity contribution is 5.79. The van der Waals surface area contributed by atoms with Gasteiger partial charge in [-0.3, -0.25) is 14.7 Å². The third kappa shape index (κ3) is 3.95. The molecule has 5 nitrogen and oxygen atoms in total. The molecule has 0 aliphatic rings. The fraction of sp³-hybridized carbons (Fsp3) is 0.300. The summed E-state index contributed by atoms with van der Waals surface area (Å²) in [5, 5.41) is 1.04. The zero-order chi connectivity index (χ0) is 17.8. The summed E-state index contributed by atoms with van der Waals surface area (Å²) in [6.07, 6.45) is 1.77. The lowest BCUT2D eigenvalue weighted by molar-refractivity contribution is 0.0998. The van der Waals surface area contributed by atoms with E-state index in [1.54, 1.807) is 13.3 Å². The molecule has 130 valence electrons. The van der Waals surface area contributed by atoms with E-state index >= 15 is 0 Å². The summed E-state index contributed by atoms with van der Waals surface area (Å²) in [7, 11) is 3.66. The number of pyridine rings is 2. The van der Waals surface area contributed by atoms with Gasteiger partial charge in [0.15, 0.2) is 0 Å². The Morgan fingerprint density at radius 3 is 2.80 bits per heavy atom. The van der Waals surface area contributed by atoms with Gasteiger partial charge in [-0.25, -0.2) is 0 Å². The van der Waals surface area contributed by atoms with Gasteiger partial charge in [-0.2, -0.15) is 0 Å². The number of aryl methyl sites for hydroxylation is 1. The van der Waals surface area contributed by atoms with Crippen molar-refractivity contribution in [3.05, 3.63) is 75.8 Å². The average molecular weight is 337 g/mol. The first-order valence-electron chi connectivity index (χ1n) is 8.31. The van der Waals surface area contributed by atoms with Crippen molar-refractivity contribution in [1.29, 1.82) is 0 Å². The molecular weight excluding hydrogens is 314 g/mol. The number of ether oxygens (including phenoxy) is 1. The molecule has 0 aliphatic carbocycles. The Morgan fingerprint density at radius 1 is 1.24 bits per heavy atom. The molecule has 0 saturated heterocycles. The number of nitrogens with one attached hydrogen (secondary N) is 1. The van der Waals surface area contributed by atoms with Crippen LogP contribution < -0.4 is 5.56 Å². The molecule has 25 heavy (non-hydrogen) atoms. The molecule has 3 rings (SSSR count). The zero-order valence-electron chi connectivity index (χ0n) is 14.8. The number of fused-ring (bicyclic) bond motifs is 1. The van der Waals surface area contributed by atoms with E-state index in [-0.39, 0.29) is 11.6 Å². The molecule has 1 N–H and O–H groups in total. The molecule has 0 spiro atoms. The van der Waals surface area contributed by atoms with Crippen molar-refractivity contribution in [3.63, 3.8) is 0 Å². The van der Waals surface area contributed by atoms with E-state index in [4.69, 9.17) is 4.74 Å². The van der Waals surface area contributed by atoms with Gasteiger partial charge in [-0.15, -0.1) is 0 Å². The molecule has 3 aromatic rings. The summed E-state index contributed by atoms with van der Waals surface area (Å²) in [6, 6.07) is 13.9. The maximum atomic E-state index is 12.5. The maximum absolute atomic E-state index is 12.5. The van der Waals surface area contributed by atoms with E-state index < -0.39 is 0 Å². The zero-order valence-corrected chi connectivity index (χ0v) is 14.8. The fourth-order valence-corrected chi connectivity index (χ4v) is 3.03. The van der Waals surface area contributed by atoms with Crippen molar-refractivity contribution in [2.75, 3.05) is 20.8 Å². The minimum Gasteiger partial charge on any atom is -0.383 e. The number of benzene rings is 1. The smallest absolute Gasteiger partial charge is 0.252 e. The minimum absolute atomic E-state index is 0.0145. The summed E-state index contributed by atoms with van der Waals surface area (Å²) in [5.74, 6) is 0. The van der Waals surface area contributed by atoms with Gasteiger partial charge < -0.3 is 9.72 Å². The lowest BCUT2D eigenvalue weighted by Crippen LogP contribution is -2.30. The van der Waals surface area contributed by atoms with Gasteiger partial charge in [0.25, 0.3) is 5.56 Å². The molecule has 0 aliphatic heterocycles. The van der Waals surface area contributed by atoms with Gasteiger partial charge in [-0.05, 0) is 49.2 Å². The predicted molar refractivity (Wildman–Crippen MR) is 99.6 cm³/mol. The van der Waals surface area contributed by atoms with E-state index in [9.17, 15) is 4.79 Å². The molecule has 0 fully saturated rings. The number of hydrogen-bond acceptors (Lipinski definition) is 4. The molecule has 2 heterocycles. The molecule has 1 aromatic carbocycles. The molecule has 0 radical (unpaired) electrons. The Kier molecular flexibility index (Phi) is 5.26. The second-order valence-electron chi connectivity index (χ2n) is 6.36. The first-order valence-corrected chi connectivity index (χ1v) is 8.31. The second kappa shape index (κ2) is 7.59. The summed E-state index contributed by atoms with van der Waals surface area (Å²) in [6.45, 7) is 3.05. The molecule has 0 unspecified atom stereocenters. The summed E-state index contributed by atoms with van der Waals surface area (Å²) >= 11 is 0. The number of rotatable bonds is 6. The van der Waals surface area contributed by atoms with Crippen LogP contribution >= 0.6 is 0 Å². The largest absolute Gasteiger partial charge is 0.383 e. The predicted octanol–water partition coefficient (Wildman–Crippen LogP) is 3.05. The van der Waals surface area contributed by atoms with Crippen LogP contribution in [0.15, 0.2) is 53.5 Å². The molecular formula is C20H23N3O2. The van der Waals surface area contributed by atoms with Crippen LogP contribution in [0.25, 0.3) is 10.9 Å². The molecule has 0 amide bonds. The van der Waals surface area contributed by atoms with Crippen molar-refractivity contribution in [2.45, 2.75) is 19.5 Å². The van der Waals surface area contributed by atoms with Gasteiger partial charge in [0.2, 0.25) is 0 Å². The van der Waals surface area contributed by atoms with Gasteiger partial charge in [0, 0.05) is 30.9 Å². The highest BCUT2D eigenvalue weighted by Crippen LogP contribution is 2.20. The summed E-state index contributed by atoms with van der Waals surface area (Å²) < 4.78 is 5.36. The lowest BCUT2D eigenvalue weighted by atomic mass is 10.1. The molecule has 0 saturated carbocycles. The van der Waals surface area contributed by atoms with Gasteiger partial charge in [0.05, 0.1) is 18.3 Å². The standard InChI is InChI=1S/C20H23N3O2/c1-14-7-8-15-11-16(20(24)22-18(15)10-14)12-23(2)19(13-25-3)17-6-4-5-9-21-17/h4-11,19H,12-13H2,1-3H3,(H,22,24)/t19-/m0/s1. The van der Waals surface area contributed by atoms with Gasteiger partial charge in [-0.1, -0.05) is 18.2 Å². The number of aromatic nitrogens is 2. The van der Waals surface area contributed by atoms with Crippen LogP contribution in [-0.2, 0) is 11.3 Å². The number of nitrogens with zero attached hydrogens (tertiary/aromatic N) is 2. The highest BCUT2D eigenvalue weighted by Gasteiger charge is 2.19. The van der Waals surface area contributed by atoms with Crippen molar-refractivity contribution >= 4 is 10.9 Å². The minimum atomic E-state index is -0.0536. The Balaban J connectivity index is 1.89. The van der Waals surface area contributed by atoms with E-state index in [2.05, 4.69) is 20.9 Å². The maximum Gasteiger partial charge on any atom is 0.252 e. The molecule has 2 aromatic heterocycles. The van der Waals surface area contributed by atoms with Crippen LogP contribution in [0, 0.1) is 6.92 Å². The molecule has 5 heteroatoms. The average Bonchev–Trinajstić information content (AvgIpc) is 2.61. The van der Waals surface area contributed by atoms with E-state index in [1.165, 1.54) is 0 Å². The van der Waals surface area contributed by atoms with Crippen LogP contribution in [0.1, 0.15) is 22.9 Å². The number of aromatic amines is 1. The third-order valence-corrected chi connectivity index (χ3v) is 4.38. The number of hydrogen-bond donors (Lipinski definition) is 1. The monoisotopic (exact) mass is 337 g/mol. The van der Waals surface area contributed by atoms with Crippen molar-refractivity contribution in [3.8, 4) is 0 Å². The van der Waals surface area contributed by atoms with Crippen molar-refractivity contribution in [2.24, 2.45) is 0 Å². The summed E-state index contributed by atoms with van der Waals surface area (Å²) in [5.41, 5.74) is 3.61. The number of likely N-dealkylation sites (N-methyl/N-ethyl adjacent to an activating group) is 1. The molecule has 0 bridgehead atoms. The van der Waals surface area contributed by atoms with Crippen LogP contribution in [0.3, 0.4) is 0 Å². The Hall–Kier alpha value is -2.50. The van der Waals surface area contributed by atoms with E-state index in [0.29, 0.717) is 13.2 Å². The van der Waals surface area contributed by atoms with Gasteiger partial charge in [0.1, 0.15) is 0 Å². The first-order chi connectivity index (χ1) is 12.1. The van der Waals surface area contributed by atoms with Crippen molar-refractivity contribution in [1.82, 2.24) is 14.9 Å². The Bertz CT molecular complexity index is 906. The van der Waals surface area contributed by atoms with Crippen LogP contribution in [-0.4, -0.2) is 35.6 Å². The SMILES string of the molecule is COC[C@@H](c1ccccn1)N(C)Cc1cc2ccc(C)cc2[nH]c1=O. The van der Waals surface area contributed by atoms with Crippen LogP contribution in [0.5, 0.6) is 0 Å². The Morgan fingerprint density at radius 2 is 2.08 bits per heavy atom. The second-order valence-corrected chi connectivity index (χ2v) is 6.36. The third-order valence-electron chi connectivity index (χ3n) is 4.38. The number of H-pyrrole nitrogens is 1. The molecule has 1 atom stereocenters. The van der Waals surface area contributed by atoms with Crippen LogP contribution in [0.2, 0.25) is 0 Å². The highest BCUT2D eigenvalue weighted by atomic mass is 16.5. The first kappa shape index (κ1) is 17.3. The topological polar surface area (TPSA) is 58.2 Å². The number of methoxy groups -OCH3 is 1. The summed E-state index contributed by atoms with van der Waals surface area (Å²) in [4.78, 5) is 22.0. The Labute approximate surface area is 147 Å². The fourth-order valence-electron chi connectivity index (χ4n) is 3.03. The van der Waals surface area contributed by atoms with Crippen LogP contribution in [0.4, 0.5) is 0 Å². The normalized spacial score (nSPS) is 12.6. The van der Waals surface area contributed by atoms with E-state index in [1.807, 2.05) is 50.4 Å².